The molecule has 3 heterocycles. The van der Waals surface area contributed by atoms with Crippen molar-refractivity contribution < 1.29 is 32.3 Å². The van der Waals surface area contributed by atoms with Gasteiger partial charge in [-0.25, -0.2) is 0 Å². The van der Waals surface area contributed by atoms with Gasteiger partial charge >= 0.3 is 18.2 Å². The summed E-state index contributed by atoms with van der Waals surface area (Å²) < 4.78 is 54.2. The monoisotopic (exact) mass is 532 g/mol. The van der Waals surface area contributed by atoms with E-state index in [1.54, 1.807) is 16.7 Å². The second-order valence-corrected chi connectivity index (χ2v) is 9.49. The first kappa shape index (κ1) is 25.7. The lowest BCUT2D eigenvalue weighted by Gasteiger charge is -2.34. The molecule has 0 spiro atoms. The van der Waals surface area contributed by atoms with Crippen molar-refractivity contribution in [2.75, 3.05) is 24.6 Å². The average molecular weight is 533 g/mol. The molecule has 0 unspecified atom stereocenters. The van der Waals surface area contributed by atoms with E-state index in [4.69, 9.17) is 9.47 Å². The standard InChI is InChI=1S/C26H27F3N4O5/c27-26(28,29)38-22-5-1-18(2-6-22)15-19-9-12-31(13-10-19)20-3-7-21(8-4-20)36-17-23-11-14-32-16-24(33(34)35)30-25(32)37-23/h1-8,16,19,23H,9-15,17H2/t23-/m1/s1. The van der Waals surface area contributed by atoms with Gasteiger partial charge in [0.05, 0.1) is 0 Å². The minimum absolute atomic E-state index is 0.201. The molecule has 0 saturated carbocycles. The van der Waals surface area contributed by atoms with Crippen molar-refractivity contribution in [1.82, 2.24) is 9.55 Å². The predicted octanol–water partition coefficient (Wildman–Crippen LogP) is 5.38. The fourth-order valence-electron chi connectivity index (χ4n) is 4.83. The molecule has 0 bridgehead atoms. The van der Waals surface area contributed by atoms with Gasteiger partial charge in [0.1, 0.15) is 30.4 Å². The predicted molar refractivity (Wildman–Crippen MR) is 132 cm³/mol. The van der Waals surface area contributed by atoms with Crippen LogP contribution in [0.4, 0.5) is 24.7 Å². The second kappa shape index (κ2) is 10.8. The van der Waals surface area contributed by atoms with Crippen molar-refractivity contribution in [3.63, 3.8) is 0 Å². The number of fused-ring (bicyclic) bond motifs is 1. The Labute approximate surface area is 216 Å². The lowest BCUT2D eigenvalue weighted by molar-refractivity contribution is -0.389. The molecule has 0 aliphatic carbocycles. The molecule has 2 aliphatic rings. The van der Waals surface area contributed by atoms with Gasteiger partial charge in [-0.15, -0.1) is 13.2 Å². The lowest BCUT2D eigenvalue weighted by atomic mass is 9.90. The number of imidazole rings is 1. The number of halogens is 3. The summed E-state index contributed by atoms with van der Waals surface area (Å²) in [5.74, 6) is 0.754. The van der Waals surface area contributed by atoms with Gasteiger partial charge in [0.2, 0.25) is 0 Å². The summed E-state index contributed by atoms with van der Waals surface area (Å²) in [6, 6.07) is 14.2. The van der Waals surface area contributed by atoms with E-state index in [1.807, 2.05) is 24.3 Å². The summed E-state index contributed by atoms with van der Waals surface area (Å²) in [6.07, 6.45) is -0.0687. The highest BCUT2D eigenvalue weighted by molar-refractivity contribution is 5.49. The van der Waals surface area contributed by atoms with Gasteiger partial charge in [-0.3, -0.25) is 4.57 Å². The van der Waals surface area contributed by atoms with E-state index in [1.165, 1.54) is 18.3 Å². The van der Waals surface area contributed by atoms with E-state index in [9.17, 15) is 23.3 Å². The number of hydrogen-bond donors (Lipinski definition) is 0. The third-order valence-corrected chi connectivity index (χ3v) is 6.81. The minimum Gasteiger partial charge on any atom is -0.490 e. The third-order valence-electron chi connectivity index (χ3n) is 6.81. The van der Waals surface area contributed by atoms with Crippen LogP contribution in [-0.4, -0.2) is 46.6 Å². The van der Waals surface area contributed by atoms with Crippen molar-refractivity contribution >= 4 is 11.5 Å². The Hall–Kier alpha value is -3.96. The molecule has 2 aromatic carbocycles. The van der Waals surface area contributed by atoms with Crippen LogP contribution in [0.3, 0.4) is 0 Å². The molecule has 1 atom stereocenters. The maximum Gasteiger partial charge on any atom is 0.573 e. The quantitative estimate of drug-likeness (QED) is 0.284. The van der Waals surface area contributed by atoms with Crippen LogP contribution < -0.4 is 19.1 Å². The topological polar surface area (TPSA) is 91.9 Å². The van der Waals surface area contributed by atoms with Gasteiger partial charge in [-0.05, 0) is 72.1 Å². The van der Waals surface area contributed by atoms with Crippen molar-refractivity contribution in [2.45, 2.75) is 44.7 Å². The second-order valence-electron chi connectivity index (χ2n) is 9.49. The number of nitro groups is 1. The summed E-state index contributed by atoms with van der Waals surface area (Å²) in [6.45, 7) is 2.69. The largest absolute Gasteiger partial charge is 0.573 e. The highest BCUT2D eigenvalue weighted by Gasteiger charge is 2.31. The summed E-state index contributed by atoms with van der Waals surface area (Å²) in [7, 11) is 0. The summed E-state index contributed by atoms with van der Waals surface area (Å²) >= 11 is 0. The van der Waals surface area contributed by atoms with Gasteiger partial charge in [0.25, 0.3) is 0 Å². The first-order valence-electron chi connectivity index (χ1n) is 12.4. The van der Waals surface area contributed by atoms with E-state index >= 15 is 0 Å². The molecule has 2 aliphatic heterocycles. The Bertz CT molecular complexity index is 1240. The normalized spacial score (nSPS) is 18.0. The van der Waals surface area contributed by atoms with Crippen molar-refractivity contribution in [3.8, 4) is 17.5 Å². The molecule has 1 saturated heterocycles. The summed E-state index contributed by atoms with van der Waals surface area (Å²) in [5, 5.41) is 10.9. The SMILES string of the molecule is O=[N+]([O-])c1cn2c(n1)O[C@@H](COc1ccc(N3CCC(Cc4ccc(OC(F)(F)F)cc4)CC3)cc1)CC2. The van der Waals surface area contributed by atoms with Crippen LogP contribution in [-0.2, 0) is 13.0 Å². The van der Waals surface area contributed by atoms with E-state index < -0.39 is 11.3 Å². The van der Waals surface area contributed by atoms with Gasteiger partial charge in [0.15, 0.2) is 0 Å². The van der Waals surface area contributed by atoms with Crippen LogP contribution in [0.1, 0.15) is 24.8 Å². The number of piperidine rings is 1. The Balaban J connectivity index is 1.06. The number of benzene rings is 2. The maximum absolute atomic E-state index is 12.3. The van der Waals surface area contributed by atoms with Crippen molar-refractivity contribution in [2.24, 2.45) is 5.92 Å². The van der Waals surface area contributed by atoms with Gasteiger partial charge in [0, 0.05) is 36.7 Å². The molecule has 0 N–H and O–H groups in total. The van der Waals surface area contributed by atoms with Crippen molar-refractivity contribution in [1.29, 1.82) is 0 Å². The van der Waals surface area contributed by atoms with Gasteiger partial charge in [-0.1, -0.05) is 12.1 Å². The molecule has 0 amide bonds. The zero-order valence-electron chi connectivity index (χ0n) is 20.5. The van der Waals surface area contributed by atoms with Gasteiger partial charge < -0.3 is 29.2 Å². The minimum atomic E-state index is -4.68. The maximum atomic E-state index is 12.3. The highest BCUT2D eigenvalue weighted by atomic mass is 19.4. The Kier molecular flexibility index (Phi) is 7.30. The fourth-order valence-corrected chi connectivity index (χ4v) is 4.83. The number of aromatic nitrogens is 2. The number of alkyl halides is 3. The van der Waals surface area contributed by atoms with E-state index in [0.717, 1.165) is 43.6 Å². The molecule has 202 valence electrons. The third kappa shape index (κ3) is 6.48. The van der Waals surface area contributed by atoms with Crippen LogP contribution in [0.15, 0.2) is 54.7 Å². The van der Waals surface area contributed by atoms with Crippen molar-refractivity contribution in [3.05, 3.63) is 70.4 Å². The smallest absolute Gasteiger partial charge is 0.490 e. The Morgan fingerprint density at radius 1 is 1.00 bits per heavy atom. The van der Waals surface area contributed by atoms with Crippen LogP contribution in [0, 0.1) is 16.0 Å². The zero-order chi connectivity index (χ0) is 26.7. The van der Waals surface area contributed by atoms with E-state index in [2.05, 4.69) is 14.6 Å². The van der Waals surface area contributed by atoms with E-state index in [0.29, 0.717) is 31.2 Å². The number of ether oxygens (including phenoxy) is 3. The summed E-state index contributed by atoms with van der Waals surface area (Å²) in [5.41, 5.74) is 2.11. The number of rotatable bonds is 8. The van der Waals surface area contributed by atoms with Gasteiger partial charge in [-0.2, -0.15) is 0 Å². The molecule has 12 heteroatoms. The van der Waals surface area contributed by atoms with Crippen LogP contribution in [0.25, 0.3) is 0 Å². The number of nitrogens with zero attached hydrogens (tertiary/aromatic N) is 4. The Morgan fingerprint density at radius 3 is 2.34 bits per heavy atom. The number of anilines is 1. The number of aryl methyl sites for hydroxylation is 1. The molecule has 38 heavy (non-hydrogen) atoms. The first-order valence-corrected chi connectivity index (χ1v) is 12.4. The highest BCUT2D eigenvalue weighted by Crippen LogP contribution is 2.29. The molecule has 9 nitrogen and oxygen atoms in total. The fraction of sp³-hybridized carbons (Fsp3) is 0.423. The average Bonchev–Trinajstić information content (AvgIpc) is 3.33. The van der Waals surface area contributed by atoms with Crippen LogP contribution in [0.5, 0.6) is 17.5 Å². The molecule has 0 radical (unpaired) electrons. The van der Waals surface area contributed by atoms with E-state index in [-0.39, 0.29) is 23.7 Å². The lowest BCUT2D eigenvalue weighted by Crippen LogP contribution is -2.34. The molecular weight excluding hydrogens is 505 g/mol. The number of hydrogen-bond acceptors (Lipinski definition) is 7. The Morgan fingerprint density at radius 2 is 1.68 bits per heavy atom. The molecule has 1 aromatic heterocycles. The van der Waals surface area contributed by atoms with Crippen LogP contribution in [0.2, 0.25) is 0 Å². The molecular formula is C26H27F3N4O5. The summed E-state index contributed by atoms with van der Waals surface area (Å²) in [4.78, 5) is 16.6. The molecule has 1 fully saturated rings. The zero-order valence-corrected chi connectivity index (χ0v) is 20.5. The molecule has 3 aromatic rings. The first-order chi connectivity index (χ1) is 18.2. The molecule has 5 rings (SSSR count). The van der Waals surface area contributed by atoms with Crippen LogP contribution >= 0.6 is 0 Å².